The molecule has 0 saturated carbocycles. The number of rotatable bonds is 7. The molecule has 0 aliphatic rings. The van der Waals surface area contributed by atoms with Gasteiger partial charge in [0, 0.05) is 25.1 Å². The molecule has 7 heteroatoms. The van der Waals surface area contributed by atoms with Crippen LogP contribution in [0.2, 0.25) is 0 Å². The predicted octanol–water partition coefficient (Wildman–Crippen LogP) is 1.23. The first-order chi connectivity index (χ1) is 9.90. The van der Waals surface area contributed by atoms with Crippen molar-refractivity contribution in [3.05, 3.63) is 29.8 Å². The number of carbonyl (C=O) groups is 2. The van der Waals surface area contributed by atoms with Gasteiger partial charge in [-0.2, -0.15) is 0 Å². The lowest BCUT2D eigenvalue weighted by Gasteiger charge is -2.10. The molecule has 5 nitrogen and oxygen atoms in total. The fraction of sp³-hybridized carbons (Fsp3) is 0.429. The van der Waals surface area contributed by atoms with Gasteiger partial charge in [0.25, 0.3) is 5.91 Å². The summed E-state index contributed by atoms with van der Waals surface area (Å²) < 4.78 is 30.8. The number of carbonyl (C=O) groups excluding carboxylic acids is 2. The number of halogens is 2. The smallest absolute Gasteiger partial charge is 0.258 e. The van der Waals surface area contributed by atoms with E-state index in [2.05, 4.69) is 10.6 Å². The minimum absolute atomic E-state index is 0.103. The number of nitrogens with one attached hydrogen (secondary N) is 2. The van der Waals surface area contributed by atoms with E-state index in [1.807, 2.05) is 0 Å². The second-order valence-electron chi connectivity index (χ2n) is 4.66. The molecule has 0 aliphatic heterocycles. The molecular weight excluding hydrogens is 282 g/mol. The van der Waals surface area contributed by atoms with Crippen molar-refractivity contribution < 1.29 is 23.1 Å². The van der Waals surface area contributed by atoms with E-state index >= 15 is 0 Å². The van der Waals surface area contributed by atoms with Gasteiger partial charge in [0.1, 0.15) is 5.82 Å². The molecule has 1 aromatic rings. The molecule has 0 fully saturated rings. The Bertz CT molecular complexity index is 507. The summed E-state index contributed by atoms with van der Waals surface area (Å²) >= 11 is 0. The quantitative estimate of drug-likeness (QED) is 0.744. The monoisotopic (exact) mass is 300 g/mol. The Balaban J connectivity index is 2.24. The fourth-order valence-electron chi connectivity index (χ4n) is 1.38. The molecule has 1 aromatic carbocycles. The third-order valence-electron chi connectivity index (χ3n) is 2.52. The van der Waals surface area contributed by atoms with E-state index < -0.39 is 17.5 Å². The molecule has 0 unspecified atom stereocenters. The molecule has 0 spiro atoms. The first kappa shape index (κ1) is 16.9. The van der Waals surface area contributed by atoms with Crippen LogP contribution in [0.25, 0.3) is 0 Å². The van der Waals surface area contributed by atoms with Gasteiger partial charge in [-0.05, 0) is 12.1 Å². The second-order valence-corrected chi connectivity index (χ2v) is 4.66. The van der Waals surface area contributed by atoms with Crippen LogP contribution in [0.3, 0.4) is 0 Å². The Hall–Kier alpha value is -2.18. The summed E-state index contributed by atoms with van der Waals surface area (Å²) in [6.45, 7) is 3.68. The minimum atomic E-state index is -0.869. The number of hydrogen-bond donors (Lipinski definition) is 2. The SMILES string of the molecule is CC(C)C(=O)NCCNC(=O)COc1ccc(F)cc1F. The minimum Gasteiger partial charge on any atom is -0.481 e. The van der Waals surface area contributed by atoms with Crippen LogP contribution in [0.15, 0.2) is 18.2 Å². The molecule has 0 atom stereocenters. The molecular formula is C14H18F2N2O3. The van der Waals surface area contributed by atoms with Crippen molar-refractivity contribution in [3.8, 4) is 5.75 Å². The van der Waals surface area contributed by atoms with E-state index in [-0.39, 0.29) is 30.7 Å². The summed E-state index contributed by atoms with van der Waals surface area (Å²) in [5, 5.41) is 5.13. The van der Waals surface area contributed by atoms with Crippen LogP contribution < -0.4 is 15.4 Å². The van der Waals surface area contributed by atoms with Crippen molar-refractivity contribution in [3.63, 3.8) is 0 Å². The van der Waals surface area contributed by atoms with E-state index in [1.165, 1.54) is 0 Å². The lowest BCUT2D eigenvalue weighted by molar-refractivity contribution is -0.125. The average Bonchev–Trinajstić information content (AvgIpc) is 2.42. The third-order valence-corrected chi connectivity index (χ3v) is 2.52. The zero-order chi connectivity index (χ0) is 15.8. The van der Waals surface area contributed by atoms with E-state index in [0.29, 0.717) is 12.6 Å². The Morgan fingerprint density at radius 2 is 1.86 bits per heavy atom. The molecule has 116 valence electrons. The summed E-state index contributed by atoms with van der Waals surface area (Å²) in [7, 11) is 0. The average molecular weight is 300 g/mol. The first-order valence-corrected chi connectivity index (χ1v) is 6.52. The highest BCUT2D eigenvalue weighted by atomic mass is 19.1. The number of ether oxygens (including phenoxy) is 1. The maximum absolute atomic E-state index is 13.2. The number of hydrogen-bond acceptors (Lipinski definition) is 3. The molecule has 21 heavy (non-hydrogen) atoms. The van der Waals surface area contributed by atoms with Gasteiger partial charge >= 0.3 is 0 Å². The largest absolute Gasteiger partial charge is 0.481 e. The Morgan fingerprint density at radius 1 is 1.19 bits per heavy atom. The van der Waals surface area contributed by atoms with Gasteiger partial charge < -0.3 is 15.4 Å². The number of amides is 2. The molecule has 2 amide bonds. The van der Waals surface area contributed by atoms with Gasteiger partial charge in [0.15, 0.2) is 18.2 Å². The molecule has 1 rings (SSSR count). The zero-order valence-corrected chi connectivity index (χ0v) is 11.9. The van der Waals surface area contributed by atoms with Crippen molar-refractivity contribution in [2.75, 3.05) is 19.7 Å². The lowest BCUT2D eigenvalue weighted by atomic mass is 10.2. The van der Waals surface area contributed by atoms with E-state index in [1.54, 1.807) is 13.8 Å². The lowest BCUT2D eigenvalue weighted by Crippen LogP contribution is -2.38. The molecule has 2 N–H and O–H groups in total. The van der Waals surface area contributed by atoms with Crippen LogP contribution in [0.1, 0.15) is 13.8 Å². The maximum Gasteiger partial charge on any atom is 0.258 e. The van der Waals surface area contributed by atoms with Gasteiger partial charge in [0.05, 0.1) is 0 Å². The summed E-state index contributed by atoms with van der Waals surface area (Å²) in [6, 6.07) is 2.83. The Kier molecular flexibility index (Phi) is 6.58. The van der Waals surface area contributed by atoms with Crippen LogP contribution >= 0.6 is 0 Å². The van der Waals surface area contributed by atoms with Crippen LogP contribution in [0.5, 0.6) is 5.75 Å². The van der Waals surface area contributed by atoms with Crippen LogP contribution in [0, 0.1) is 17.6 Å². The van der Waals surface area contributed by atoms with Gasteiger partial charge in [-0.1, -0.05) is 13.8 Å². The molecule has 0 saturated heterocycles. The van der Waals surface area contributed by atoms with Crippen molar-refractivity contribution in [2.45, 2.75) is 13.8 Å². The van der Waals surface area contributed by atoms with Gasteiger partial charge in [0.2, 0.25) is 5.91 Å². The first-order valence-electron chi connectivity index (χ1n) is 6.52. The van der Waals surface area contributed by atoms with E-state index in [9.17, 15) is 18.4 Å². The molecule has 0 bridgehead atoms. The summed E-state index contributed by atoms with van der Waals surface area (Å²) in [5.74, 6) is -2.46. The molecule has 0 aromatic heterocycles. The standard InChI is InChI=1S/C14H18F2N2O3/c1-9(2)14(20)18-6-5-17-13(19)8-21-12-4-3-10(15)7-11(12)16/h3-4,7,9H,5-6,8H2,1-2H3,(H,17,19)(H,18,20). The second kappa shape index (κ2) is 8.18. The Labute approximate surface area is 121 Å². The fourth-order valence-corrected chi connectivity index (χ4v) is 1.38. The van der Waals surface area contributed by atoms with Crippen LogP contribution in [-0.4, -0.2) is 31.5 Å². The highest BCUT2D eigenvalue weighted by Crippen LogP contribution is 2.17. The summed E-state index contributed by atoms with van der Waals surface area (Å²) in [5.41, 5.74) is 0. The van der Waals surface area contributed by atoms with Crippen LogP contribution in [-0.2, 0) is 9.59 Å². The third kappa shape index (κ3) is 6.20. The van der Waals surface area contributed by atoms with Crippen LogP contribution in [0.4, 0.5) is 8.78 Å². The highest BCUT2D eigenvalue weighted by Gasteiger charge is 2.08. The number of benzene rings is 1. The topological polar surface area (TPSA) is 67.4 Å². The van der Waals surface area contributed by atoms with Crippen molar-refractivity contribution in [2.24, 2.45) is 5.92 Å². The predicted molar refractivity (Wildman–Crippen MR) is 72.7 cm³/mol. The van der Waals surface area contributed by atoms with Gasteiger partial charge in [-0.15, -0.1) is 0 Å². The summed E-state index contributed by atoms with van der Waals surface area (Å²) in [6.07, 6.45) is 0. The molecule has 0 aliphatic carbocycles. The zero-order valence-electron chi connectivity index (χ0n) is 11.9. The van der Waals surface area contributed by atoms with Gasteiger partial charge in [-0.25, -0.2) is 8.78 Å². The van der Waals surface area contributed by atoms with Crippen molar-refractivity contribution in [1.82, 2.24) is 10.6 Å². The van der Waals surface area contributed by atoms with E-state index in [0.717, 1.165) is 12.1 Å². The Morgan fingerprint density at radius 3 is 2.48 bits per heavy atom. The molecule has 0 radical (unpaired) electrons. The van der Waals surface area contributed by atoms with Gasteiger partial charge in [-0.3, -0.25) is 9.59 Å². The highest BCUT2D eigenvalue weighted by molar-refractivity contribution is 5.78. The molecule has 0 heterocycles. The van der Waals surface area contributed by atoms with Crippen molar-refractivity contribution >= 4 is 11.8 Å². The maximum atomic E-state index is 13.2. The van der Waals surface area contributed by atoms with E-state index in [4.69, 9.17) is 4.74 Å². The normalized spacial score (nSPS) is 10.3. The summed E-state index contributed by atoms with van der Waals surface area (Å²) in [4.78, 5) is 22.7. The van der Waals surface area contributed by atoms with Crippen molar-refractivity contribution in [1.29, 1.82) is 0 Å².